The molecule has 0 aliphatic heterocycles. The number of aryl methyl sites for hydroxylation is 2. The molecular formula is C37H38N4O3S2. The van der Waals surface area contributed by atoms with Gasteiger partial charge in [-0.1, -0.05) is 52.0 Å². The third-order valence-electron chi connectivity index (χ3n) is 8.29. The van der Waals surface area contributed by atoms with Gasteiger partial charge in [-0.3, -0.25) is 4.79 Å². The summed E-state index contributed by atoms with van der Waals surface area (Å²) in [5, 5.41) is 21.2. The SMILES string of the molecule is CCSc1cc(O)ccc1C(C(=O)C(c1ccc(O)cc1SCC)c1c(CC)nc2ccccn12)c1c(CC)nc2ccccn12. The summed E-state index contributed by atoms with van der Waals surface area (Å²) in [6.07, 6.45) is 5.24. The number of imidazole rings is 2. The number of phenolic OH excluding ortho intramolecular Hbond substituents is 2. The molecule has 2 N–H and O–H groups in total. The van der Waals surface area contributed by atoms with Gasteiger partial charge in [-0.05, 0) is 84.0 Å². The van der Waals surface area contributed by atoms with Crippen molar-refractivity contribution in [2.24, 2.45) is 0 Å². The van der Waals surface area contributed by atoms with E-state index in [9.17, 15) is 10.2 Å². The minimum Gasteiger partial charge on any atom is -0.508 e. The molecule has 6 rings (SSSR count). The first kappa shape index (κ1) is 31.8. The molecule has 0 fully saturated rings. The first-order chi connectivity index (χ1) is 22.4. The van der Waals surface area contributed by atoms with Gasteiger partial charge in [-0.25, -0.2) is 9.97 Å². The molecule has 0 amide bonds. The number of ketones is 1. The first-order valence-corrected chi connectivity index (χ1v) is 17.7. The largest absolute Gasteiger partial charge is 0.508 e. The van der Waals surface area contributed by atoms with E-state index >= 15 is 4.79 Å². The topological polar surface area (TPSA) is 92.1 Å². The average molecular weight is 651 g/mol. The van der Waals surface area contributed by atoms with Gasteiger partial charge < -0.3 is 19.0 Å². The van der Waals surface area contributed by atoms with Crippen LogP contribution in [-0.4, -0.2) is 46.3 Å². The zero-order chi connectivity index (χ0) is 32.4. The Morgan fingerprint density at radius 2 is 1.11 bits per heavy atom. The van der Waals surface area contributed by atoms with Crippen LogP contribution in [0.5, 0.6) is 11.5 Å². The van der Waals surface area contributed by atoms with Crippen LogP contribution < -0.4 is 0 Å². The summed E-state index contributed by atoms with van der Waals surface area (Å²) in [7, 11) is 0. The number of aromatic hydroxyl groups is 2. The number of carbonyl (C=O) groups is 1. The number of thioether (sulfide) groups is 2. The van der Waals surface area contributed by atoms with Crippen LogP contribution in [0.15, 0.2) is 95.0 Å². The minimum absolute atomic E-state index is 0.0204. The lowest BCUT2D eigenvalue weighted by Gasteiger charge is -2.27. The van der Waals surface area contributed by atoms with Crippen molar-refractivity contribution in [3.8, 4) is 11.5 Å². The monoisotopic (exact) mass is 650 g/mol. The van der Waals surface area contributed by atoms with E-state index in [1.807, 2.05) is 69.7 Å². The maximum Gasteiger partial charge on any atom is 0.159 e. The molecule has 7 nitrogen and oxygen atoms in total. The van der Waals surface area contributed by atoms with Crippen molar-refractivity contribution in [1.82, 2.24) is 18.8 Å². The van der Waals surface area contributed by atoms with Crippen molar-refractivity contribution < 1.29 is 15.0 Å². The van der Waals surface area contributed by atoms with E-state index in [4.69, 9.17) is 9.97 Å². The Bertz CT molecular complexity index is 1890. The second kappa shape index (κ2) is 13.6. The van der Waals surface area contributed by atoms with Crippen LogP contribution >= 0.6 is 23.5 Å². The molecule has 4 aromatic heterocycles. The van der Waals surface area contributed by atoms with Crippen LogP contribution in [0, 0.1) is 0 Å². The van der Waals surface area contributed by atoms with Crippen LogP contribution in [0.25, 0.3) is 11.3 Å². The Balaban J connectivity index is 1.72. The molecule has 0 bridgehead atoms. The summed E-state index contributed by atoms with van der Waals surface area (Å²) in [5.41, 5.74) is 6.58. The predicted molar refractivity (Wildman–Crippen MR) is 187 cm³/mol. The summed E-state index contributed by atoms with van der Waals surface area (Å²) < 4.78 is 4.08. The molecule has 9 heteroatoms. The van der Waals surface area contributed by atoms with E-state index < -0.39 is 11.8 Å². The third kappa shape index (κ3) is 5.78. The lowest BCUT2D eigenvalue weighted by molar-refractivity contribution is -0.120. The van der Waals surface area contributed by atoms with Crippen LogP contribution in [0.2, 0.25) is 0 Å². The highest BCUT2D eigenvalue weighted by Gasteiger charge is 2.40. The van der Waals surface area contributed by atoms with Gasteiger partial charge in [0.25, 0.3) is 0 Å². The number of hydrogen-bond donors (Lipinski definition) is 2. The third-order valence-corrected chi connectivity index (χ3v) is 10.2. The highest BCUT2D eigenvalue weighted by Crippen LogP contribution is 2.45. The molecule has 46 heavy (non-hydrogen) atoms. The standard InChI is InChI=1S/C37H38N4O3S2/c1-5-27-35(40-19-11-9-13-31(40)38-27)33(25-17-15-23(42)21-29(25)45-7-3)37(44)34(26-18-16-24(43)22-30(26)46-8-4)36-28(6-2)39-32-14-10-12-20-41(32)36/h9-22,33-34,42-43H,5-8H2,1-4H3. The zero-order valence-electron chi connectivity index (χ0n) is 26.5. The van der Waals surface area contributed by atoms with Crippen LogP contribution in [0.4, 0.5) is 0 Å². The molecule has 0 aliphatic rings. The molecule has 0 aliphatic carbocycles. The van der Waals surface area contributed by atoms with Gasteiger partial charge in [0.1, 0.15) is 22.8 Å². The molecule has 236 valence electrons. The van der Waals surface area contributed by atoms with E-state index in [1.54, 1.807) is 47.8 Å². The number of phenols is 2. The van der Waals surface area contributed by atoms with Crippen molar-refractivity contribution in [1.29, 1.82) is 0 Å². The summed E-state index contributed by atoms with van der Waals surface area (Å²) in [6, 6.07) is 22.4. The maximum atomic E-state index is 15.9. The molecule has 2 aromatic carbocycles. The fraction of sp³-hybridized carbons (Fsp3) is 0.270. The summed E-state index contributed by atoms with van der Waals surface area (Å²) in [5.74, 6) is 0.401. The van der Waals surface area contributed by atoms with E-state index in [-0.39, 0.29) is 17.3 Å². The van der Waals surface area contributed by atoms with Gasteiger partial charge in [-0.15, -0.1) is 23.5 Å². The van der Waals surface area contributed by atoms with Gasteiger partial charge in [0.2, 0.25) is 0 Å². The molecule has 0 spiro atoms. The van der Waals surface area contributed by atoms with Gasteiger partial charge in [0.05, 0.1) is 34.6 Å². The lowest BCUT2D eigenvalue weighted by Crippen LogP contribution is -2.27. The van der Waals surface area contributed by atoms with Gasteiger partial charge >= 0.3 is 0 Å². The normalized spacial score (nSPS) is 13.0. The average Bonchev–Trinajstić information content (AvgIpc) is 3.62. The molecule has 6 aromatic rings. The maximum absolute atomic E-state index is 15.9. The molecular weight excluding hydrogens is 613 g/mol. The Hall–Kier alpha value is -4.21. The van der Waals surface area contributed by atoms with Crippen molar-refractivity contribution in [2.45, 2.75) is 62.2 Å². The summed E-state index contributed by atoms with van der Waals surface area (Å²) >= 11 is 3.22. The van der Waals surface area contributed by atoms with E-state index in [1.165, 1.54) is 0 Å². The second-order valence-corrected chi connectivity index (χ2v) is 13.6. The first-order valence-electron chi connectivity index (χ1n) is 15.8. The lowest BCUT2D eigenvalue weighted by atomic mass is 9.78. The van der Waals surface area contributed by atoms with Crippen molar-refractivity contribution in [2.75, 3.05) is 11.5 Å². The number of nitrogens with zero attached hydrogens (tertiary/aromatic N) is 4. The Labute approximate surface area is 277 Å². The fourth-order valence-electron chi connectivity index (χ4n) is 6.38. The Kier molecular flexibility index (Phi) is 9.42. The van der Waals surface area contributed by atoms with Crippen molar-refractivity contribution in [3.63, 3.8) is 0 Å². The highest BCUT2D eigenvalue weighted by molar-refractivity contribution is 7.99. The van der Waals surface area contributed by atoms with E-state index in [2.05, 4.69) is 27.7 Å². The highest BCUT2D eigenvalue weighted by atomic mass is 32.2. The number of carbonyl (C=O) groups excluding carboxylic acids is 1. The number of hydrogen-bond acceptors (Lipinski definition) is 7. The number of fused-ring (bicyclic) bond motifs is 2. The smallest absolute Gasteiger partial charge is 0.159 e. The quantitative estimate of drug-likeness (QED) is 0.129. The second-order valence-electron chi connectivity index (χ2n) is 11.0. The molecule has 4 heterocycles. The fourth-order valence-corrected chi connectivity index (χ4v) is 8.12. The van der Waals surface area contributed by atoms with E-state index in [0.717, 1.165) is 66.5 Å². The van der Waals surface area contributed by atoms with Crippen molar-refractivity contribution >= 4 is 40.6 Å². The van der Waals surface area contributed by atoms with Gasteiger partial charge in [0, 0.05) is 22.2 Å². The van der Waals surface area contributed by atoms with Gasteiger partial charge in [0.15, 0.2) is 5.78 Å². The van der Waals surface area contributed by atoms with Crippen LogP contribution in [0.1, 0.15) is 73.4 Å². The summed E-state index contributed by atoms with van der Waals surface area (Å²) in [4.78, 5) is 27.6. The molecule has 2 unspecified atom stereocenters. The summed E-state index contributed by atoms with van der Waals surface area (Å²) in [6.45, 7) is 8.28. The Morgan fingerprint density at radius 3 is 1.50 bits per heavy atom. The Morgan fingerprint density at radius 1 is 0.674 bits per heavy atom. The van der Waals surface area contributed by atoms with Crippen LogP contribution in [-0.2, 0) is 17.6 Å². The molecule has 2 atom stereocenters. The zero-order valence-corrected chi connectivity index (χ0v) is 28.1. The predicted octanol–water partition coefficient (Wildman–Crippen LogP) is 8.28. The molecule has 0 radical (unpaired) electrons. The number of aromatic nitrogens is 4. The number of pyridine rings is 2. The molecule has 0 saturated heterocycles. The minimum atomic E-state index is -0.723. The molecule has 0 saturated carbocycles. The number of rotatable bonds is 12. The van der Waals surface area contributed by atoms with Gasteiger partial charge in [-0.2, -0.15) is 0 Å². The van der Waals surface area contributed by atoms with Crippen LogP contribution in [0.3, 0.4) is 0 Å². The van der Waals surface area contributed by atoms with Crippen molar-refractivity contribution in [3.05, 3.63) is 119 Å². The number of Topliss-reactive ketones (excluding diaryl/α,β-unsaturated/α-hetero) is 1. The van der Waals surface area contributed by atoms with E-state index in [0.29, 0.717) is 12.8 Å². The number of benzene rings is 2.